The zero-order chi connectivity index (χ0) is 15.5. The summed E-state index contributed by atoms with van der Waals surface area (Å²) in [4.78, 5) is 10.8. The number of halogens is 1. The van der Waals surface area contributed by atoms with Crippen molar-refractivity contribution in [3.63, 3.8) is 0 Å². The van der Waals surface area contributed by atoms with Gasteiger partial charge in [0.25, 0.3) is 0 Å². The van der Waals surface area contributed by atoms with E-state index in [0.717, 1.165) is 0 Å². The molecule has 0 saturated heterocycles. The number of nitrogens with one attached hydrogen (secondary N) is 1. The number of carboxylic acids is 1. The molecule has 1 aliphatic carbocycles. The number of aromatic carboxylic acids is 1. The minimum Gasteiger partial charge on any atom is -0.478 e. The van der Waals surface area contributed by atoms with Gasteiger partial charge in [-0.3, -0.25) is 0 Å². The predicted molar refractivity (Wildman–Crippen MR) is 79.8 cm³/mol. The molecule has 0 spiro atoms. The van der Waals surface area contributed by atoms with Crippen LogP contribution in [0.2, 0.25) is 0 Å². The Bertz CT molecular complexity index is 627. The van der Waals surface area contributed by atoms with Gasteiger partial charge in [0.05, 0.1) is 17.1 Å². The van der Waals surface area contributed by atoms with Crippen molar-refractivity contribution >= 4 is 31.9 Å². The highest BCUT2D eigenvalue weighted by molar-refractivity contribution is 9.10. The molecule has 2 rings (SSSR count). The molecule has 0 atom stereocenters. The zero-order valence-electron chi connectivity index (χ0n) is 11.2. The van der Waals surface area contributed by atoms with Crippen LogP contribution in [0.1, 0.15) is 23.2 Å². The van der Waals surface area contributed by atoms with Gasteiger partial charge in [-0.2, -0.15) is 0 Å². The first-order chi connectivity index (χ1) is 9.90. The molecule has 1 aromatic carbocycles. The van der Waals surface area contributed by atoms with Crippen molar-refractivity contribution in [2.75, 3.05) is 19.8 Å². The van der Waals surface area contributed by atoms with E-state index in [-0.39, 0.29) is 21.5 Å². The first kappa shape index (κ1) is 16.4. The van der Waals surface area contributed by atoms with Crippen LogP contribution in [-0.2, 0) is 14.8 Å². The van der Waals surface area contributed by atoms with Crippen LogP contribution in [0.3, 0.4) is 0 Å². The lowest BCUT2D eigenvalue weighted by Gasteiger charge is -2.09. The third-order valence-corrected chi connectivity index (χ3v) is 5.50. The van der Waals surface area contributed by atoms with Crippen molar-refractivity contribution in [2.24, 2.45) is 5.92 Å². The lowest BCUT2D eigenvalue weighted by molar-refractivity contribution is 0.0696. The minimum absolute atomic E-state index is 0.00897. The largest absolute Gasteiger partial charge is 0.478 e. The number of carbonyl (C=O) groups is 1. The van der Waals surface area contributed by atoms with Crippen molar-refractivity contribution in [1.29, 1.82) is 0 Å². The van der Waals surface area contributed by atoms with Crippen molar-refractivity contribution in [1.82, 2.24) is 4.72 Å². The molecular weight excluding hydrogens is 362 g/mol. The Balaban J connectivity index is 1.92. The maximum atomic E-state index is 12.1. The highest BCUT2D eigenvalue weighted by Crippen LogP contribution is 2.28. The minimum atomic E-state index is -3.69. The van der Waals surface area contributed by atoms with Gasteiger partial charge in [-0.05, 0) is 52.9 Å². The SMILES string of the molecule is O=C(O)c1ccc(S(=O)(=O)NCCOCC2CC2)c(Br)c1. The summed E-state index contributed by atoms with van der Waals surface area (Å²) in [5, 5.41) is 8.85. The Morgan fingerprint density at radius 1 is 1.43 bits per heavy atom. The summed E-state index contributed by atoms with van der Waals surface area (Å²) in [6.45, 7) is 1.18. The van der Waals surface area contributed by atoms with Crippen LogP contribution >= 0.6 is 15.9 Å². The van der Waals surface area contributed by atoms with Gasteiger partial charge in [0.1, 0.15) is 0 Å². The first-order valence-electron chi connectivity index (χ1n) is 6.50. The van der Waals surface area contributed by atoms with Gasteiger partial charge in [-0.15, -0.1) is 0 Å². The standard InChI is InChI=1S/C13H16BrNO5S/c14-11-7-10(13(16)17)3-4-12(11)21(18,19)15-5-6-20-8-9-1-2-9/h3-4,7,9,15H,1-2,5-6,8H2,(H,16,17). The van der Waals surface area contributed by atoms with Gasteiger partial charge >= 0.3 is 5.97 Å². The quantitative estimate of drug-likeness (QED) is 0.674. The van der Waals surface area contributed by atoms with Crippen LogP contribution in [0.5, 0.6) is 0 Å². The van der Waals surface area contributed by atoms with Gasteiger partial charge < -0.3 is 9.84 Å². The summed E-state index contributed by atoms with van der Waals surface area (Å²) in [6, 6.07) is 3.78. The Morgan fingerprint density at radius 2 is 2.14 bits per heavy atom. The van der Waals surface area contributed by atoms with E-state index >= 15 is 0 Å². The van der Waals surface area contributed by atoms with Gasteiger partial charge in [0.2, 0.25) is 10.0 Å². The summed E-state index contributed by atoms with van der Waals surface area (Å²) in [7, 11) is -3.69. The molecule has 0 heterocycles. The van der Waals surface area contributed by atoms with E-state index in [9.17, 15) is 13.2 Å². The van der Waals surface area contributed by atoms with E-state index < -0.39 is 16.0 Å². The van der Waals surface area contributed by atoms with E-state index in [4.69, 9.17) is 9.84 Å². The Kier molecular flexibility index (Phi) is 5.37. The molecule has 116 valence electrons. The number of ether oxygens (including phenoxy) is 1. The second kappa shape index (κ2) is 6.87. The van der Waals surface area contributed by atoms with E-state index in [1.54, 1.807) is 0 Å². The van der Waals surface area contributed by atoms with Gasteiger partial charge in [0, 0.05) is 17.6 Å². The molecule has 1 aromatic rings. The Labute approximate surface area is 131 Å². The number of hydrogen-bond acceptors (Lipinski definition) is 4. The fourth-order valence-electron chi connectivity index (χ4n) is 1.71. The molecule has 1 fully saturated rings. The molecule has 0 aromatic heterocycles. The van der Waals surface area contributed by atoms with Crippen molar-refractivity contribution in [2.45, 2.75) is 17.7 Å². The summed E-state index contributed by atoms with van der Waals surface area (Å²) in [5.74, 6) is -0.472. The summed E-state index contributed by atoms with van der Waals surface area (Å²) < 4.78 is 32.2. The van der Waals surface area contributed by atoms with E-state index in [2.05, 4.69) is 20.7 Å². The van der Waals surface area contributed by atoms with E-state index in [1.807, 2.05) is 0 Å². The average Bonchev–Trinajstić information content (AvgIpc) is 3.21. The van der Waals surface area contributed by atoms with Crippen molar-refractivity contribution < 1.29 is 23.1 Å². The number of benzene rings is 1. The van der Waals surface area contributed by atoms with Crippen LogP contribution in [0.4, 0.5) is 0 Å². The molecule has 0 bridgehead atoms. The molecule has 0 amide bonds. The summed E-state index contributed by atoms with van der Waals surface area (Å²) >= 11 is 3.09. The smallest absolute Gasteiger partial charge is 0.335 e. The molecule has 1 aliphatic rings. The van der Waals surface area contributed by atoms with Gasteiger partial charge in [-0.1, -0.05) is 0 Å². The third-order valence-electron chi connectivity index (χ3n) is 3.06. The number of hydrogen-bond donors (Lipinski definition) is 2. The molecule has 0 radical (unpaired) electrons. The average molecular weight is 378 g/mol. The molecule has 2 N–H and O–H groups in total. The third kappa shape index (κ3) is 4.77. The van der Waals surface area contributed by atoms with Crippen LogP contribution in [0, 0.1) is 5.92 Å². The molecule has 0 unspecified atom stereocenters. The lowest BCUT2D eigenvalue weighted by Crippen LogP contribution is -2.28. The molecule has 6 nitrogen and oxygen atoms in total. The van der Waals surface area contributed by atoms with Crippen LogP contribution in [0.15, 0.2) is 27.6 Å². The normalized spacial score (nSPS) is 15.1. The number of carboxylic acid groups (broad SMARTS) is 1. The molecule has 0 aliphatic heterocycles. The number of sulfonamides is 1. The second-order valence-electron chi connectivity index (χ2n) is 4.87. The fourth-order valence-corrected chi connectivity index (χ4v) is 3.80. The maximum Gasteiger partial charge on any atom is 0.335 e. The molecular formula is C13H16BrNO5S. The fraction of sp³-hybridized carbons (Fsp3) is 0.462. The van der Waals surface area contributed by atoms with Crippen LogP contribution < -0.4 is 4.72 Å². The molecule has 1 saturated carbocycles. The van der Waals surface area contributed by atoms with Crippen molar-refractivity contribution in [3.8, 4) is 0 Å². The summed E-state index contributed by atoms with van der Waals surface area (Å²) in [6.07, 6.45) is 2.38. The highest BCUT2D eigenvalue weighted by atomic mass is 79.9. The van der Waals surface area contributed by atoms with Gasteiger partial charge in [0.15, 0.2) is 0 Å². The lowest BCUT2D eigenvalue weighted by atomic mass is 10.2. The Hall–Kier alpha value is -0.960. The van der Waals surface area contributed by atoms with Crippen LogP contribution in [0.25, 0.3) is 0 Å². The zero-order valence-corrected chi connectivity index (χ0v) is 13.6. The Morgan fingerprint density at radius 3 is 2.71 bits per heavy atom. The molecule has 21 heavy (non-hydrogen) atoms. The maximum absolute atomic E-state index is 12.1. The summed E-state index contributed by atoms with van der Waals surface area (Å²) in [5.41, 5.74) is 0.0218. The van der Waals surface area contributed by atoms with E-state index in [1.165, 1.54) is 31.0 Å². The second-order valence-corrected chi connectivity index (χ2v) is 7.46. The first-order valence-corrected chi connectivity index (χ1v) is 8.78. The number of rotatable bonds is 8. The monoisotopic (exact) mass is 377 g/mol. The predicted octanol–water partition coefficient (Wildman–Crippen LogP) is 1.85. The topological polar surface area (TPSA) is 92.7 Å². The van der Waals surface area contributed by atoms with E-state index in [0.29, 0.717) is 19.1 Å². The van der Waals surface area contributed by atoms with Crippen molar-refractivity contribution in [3.05, 3.63) is 28.2 Å². The highest BCUT2D eigenvalue weighted by Gasteiger charge is 2.21. The van der Waals surface area contributed by atoms with Gasteiger partial charge in [-0.25, -0.2) is 17.9 Å². The van der Waals surface area contributed by atoms with Crippen LogP contribution in [-0.4, -0.2) is 39.3 Å². The molecule has 8 heteroatoms.